The van der Waals surface area contributed by atoms with Crippen molar-refractivity contribution in [1.82, 2.24) is 14.8 Å². The number of carbonyl (C=O) groups is 2. The van der Waals surface area contributed by atoms with E-state index in [0.717, 1.165) is 10.4 Å². The minimum absolute atomic E-state index is 0.0882. The van der Waals surface area contributed by atoms with Gasteiger partial charge < -0.3 is 28.8 Å². The van der Waals surface area contributed by atoms with E-state index < -0.39 is 5.97 Å². The number of ether oxygens (including phenoxy) is 4. The second-order valence-electron chi connectivity index (χ2n) is 6.89. The SMILES string of the molecule is CCn1c(SCC(=O)Nc2sc(C)cc2C(=O)OC)nnc1-c1cc(OC)c(OC)c(OC)c1. The lowest BCUT2D eigenvalue weighted by Crippen LogP contribution is -2.16. The summed E-state index contributed by atoms with van der Waals surface area (Å²) in [4.78, 5) is 25.4. The summed E-state index contributed by atoms with van der Waals surface area (Å²) in [6, 6.07) is 5.29. The topological polar surface area (TPSA) is 114 Å². The van der Waals surface area contributed by atoms with Crippen LogP contribution in [-0.2, 0) is 16.1 Å². The smallest absolute Gasteiger partial charge is 0.340 e. The van der Waals surface area contributed by atoms with Crippen molar-refractivity contribution in [2.45, 2.75) is 25.5 Å². The molecule has 0 aliphatic carbocycles. The maximum atomic E-state index is 12.6. The average molecular weight is 507 g/mol. The van der Waals surface area contributed by atoms with E-state index in [2.05, 4.69) is 15.5 Å². The van der Waals surface area contributed by atoms with Crippen LogP contribution in [0.2, 0.25) is 0 Å². The second kappa shape index (κ2) is 11.3. The van der Waals surface area contributed by atoms with Gasteiger partial charge in [0.25, 0.3) is 0 Å². The third kappa shape index (κ3) is 5.28. The molecule has 1 aromatic carbocycles. The van der Waals surface area contributed by atoms with Crippen molar-refractivity contribution in [1.29, 1.82) is 0 Å². The van der Waals surface area contributed by atoms with Crippen molar-refractivity contribution in [3.05, 3.63) is 28.6 Å². The largest absolute Gasteiger partial charge is 0.493 e. The van der Waals surface area contributed by atoms with Gasteiger partial charge in [0.15, 0.2) is 22.5 Å². The zero-order chi connectivity index (χ0) is 24.8. The Morgan fingerprint density at radius 2 is 1.74 bits per heavy atom. The molecule has 0 unspecified atom stereocenters. The molecule has 0 aliphatic rings. The highest BCUT2D eigenvalue weighted by Gasteiger charge is 2.21. The fourth-order valence-electron chi connectivity index (χ4n) is 3.27. The second-order valence-corrected chi connectivity index (χ2v) is 9.09. The van der Waals surface area contributed by atoms with Crippen molar-refractivity contribution in [2.75, 3.05) is 39.5 Å². The minimum Gasteiger partial charge on any atom is -0.493 e. The van der Waals surface area contributed by atoms with Crippen molar-refractivity contribution in [3.8, 4) is 28.6 Å². The van der Waals surface area contributed by atoms with Gasteiger partial charge in [-0.1, -0.05) is 11.8 Å². The van der Waals surface area contributed by atoms with Crippen LogP contribution in [0.4, 0.5) is 5.00 Å². The maximum absolute atomic E-state index is 12.6. The molecular weight excluding hydrogens is 480 g/mol. The molecule has 3 rings (SSSR count). The first-order valence-electron chi connectivity index (χ1n) is 10.2. The van der Waals surface area contributed by atoms with Gasteiger partial charge in [-0.25, -0.2) is 4.79 Å². The fraction of sp³-hybridized carbons (Fsp3) is 0.364. The van der Waals surface area contributed by atoms with E-state index in [1.165, 1.54) is 30.2 Å². The monoisotopic (exact) mass is 506 g/mol. The molecule has 12 heteroatoms. The van der Waals surface area contributed by atoms with Crippen LogP contribution in [-0.4, -0.2) is 60.8 Å². The highest BCUT2D eigenvalue weighted by molar-refractivity contribution is 7.99. The number of aryl methyl sites for hydroxylation is 1. The van der Waals surface area contributed by atoms with E-state index in [1.807, 2.05) is 18.4 Å². The lowest BCUT2D eigenvalue weighted by atomic mass is 10.1. The molecule has 2 heterocycles. The molecule has 0 radical (unpaired) electrons. The number of methoxy groups -OCH3 is 4. The summed E-state index contributed by atoms with van der Waals surface area (Å²) in [5.41, 5.74) is 1.07. The molecule has 0 saturated heterocycles. The number of amides is 1. The number of rotatable bonds is 10. The average Bonchev–Trinajstić information content (AvgIpc) is 3.43. The zero-order valence-electron chi connectivity index (χ0n) is 19.8. The lowest BCUT2D eigenvalue weighted by Gasteiger charge is -2.14. The van der Waals surface area contributed by atoms with Crippen LogP contribution in [0, 0.1) is 6.92 Å². The quantitative estimate of drug-likeness (QED) is 0.323. The van der Waals surface area contributed by atoms with Crippen LogP contribution in [0.5, 0.6) is 17.2 Å². The Balaban J connectivity index is 1.80. The summed E-state index contributed by atoms with van der Waals surface area (Å²) in [6.07, 6.45) is 0. The highest BCUT2D eigenvalue weighted by Crippen LogP contribution is 2.41. The van der Waals surface area contributed by atoms with Crippen LogP contribution in [0.1, 0.15) is 22.2 Å². The molecular formula is C22H26N4O6S2. The van der Waals surface area contributed by atoms with Gasteiger partial charge in [-0.15, -0.1) is 21.5 Å². The van der Waals surface area contributed by atoms with E-state index in [9.17, 15) is 9.59 Å². The molecule has 2 aromatic heterocycles. The molecule has 0 aliphatic heterocycles. The molecule has 10 nitrogen and oxygen atoms in total. The van der Waals surface area contributed by atoms with Crippen LogP contribution in [0.25, 0.3) is 11.4 Å². The summed E-state index contributed by atoms with van der Waals surface area (Å²) in [5, 5.41) is 12.4. The third-order valence-corrected chi connectivity index (χ3v) is 6.73. The maximum Gasteiger partial charge on any atom is 0.340 e. The van der Waals surface area contributed by atoms with Gasteiger partial charge in [0.2, 0.25) is 11.7 Å². The van der Waals surface area contributed by atoms with Gasteiger partial charge in [-0.2, -0.15) is 0 Å². The number of thioether (sulfide) groups is 1. The summed E-state index contributed by atoms with van der Waals surface area (Å²) in [7, 11) is 5.94. The number of thiophene rings is 1. The molecule has 0 spiro atoms. The van der Waals surface area contributed by atoms with E-state index in [1.54, 1.807) is 39.5 Å². The molecule has 0 bridgehead atoms. The van der Waals surface area contributed by atoms with Crippen molar-refractivity contribution >= 4 is 40.0 Å². The van der Waals surface area contributed by atoms with Gasteiger partial charge >= 0.3 is 5.97 Å². The van der Waals surface area contributed by atoms with E-state index in [-0.39, 0.29) is 11.7 Å². The van der Waals surface area contributed by atoms with E-state index >= 15 is 0 Å². The fourth-order valence-corrected chi connectivity index (χ4v) is 4.98. The van der Waals surface area contributed by atoms with Gasteiger partial charge in [-0.05, 0) is 32.0 Å². The van der Waals surface area contributed by atoms with Crippen LogP contribution in [0.3, 0.4) is 0 Å². The van der Waals surface area contributed by atoms with Crippen LogP contribution >= 0.6 is 23.1 Å². The molecule has 34 heavy (non-hydrogen) atoms. The molecule has 182 valence electrons. The Hall–Kier alpha value is -3.25. The van der Waals surface area contributed by atoms with E-state index in [4.69, 9.17) is 18.9 Å². The first kappa shape index (κ1) is 25.4. The van der Waals surface area contributed by atoms with Crippen LogP contribution < -0.4 is 19.5 Å². The predicted octanol–water partition coefficient (Wildman–Crippen LogP) is 3.88. The summed E-state index contributed by atoms with van der Waals surface area (Å²) in [5.74, 6) is 1.42. The van der Waals surface area contributed by atoms with Gasteiger partial charge in [-0.3, -0.25) is 4.79 Å². The number of benzene rings is 1. The number of hydrogen-bond acceptors (Lipinski definition) is 10. The number of hydrogen-bond donors (Lipinski definition) is 1. The van der Waals surface area contributed by atoms with Gasteiger partial charge in [0, 0.05) is 17.0 Å². The Morgan fingerprint density at radius 1 is 1.06 bits per heavy atom. The number of anilines is 1. The highest BCUT2D eigenvalue weighted by atomic mass is 32.2. The molecule has 0 saturated carbocycles. The number of esters is 1. The Morgan fingerprint density at radius 3 is 2.29 bits per heavy atom. The Bertz CT molecular complexity index is 1170. The molecule has 3 aromatic rings. The molecule has 1 amide bonds. The third-order valence-electron chi connectivity index (χ3n) is 4.80. The van der Waals surface area contributed by atoms with Gasteiger partial charge in [0.05, 0.1) is 39.8 Å². The normalized spacial score (nSPS) is 10.6. The van der Waals surface area contributed by atoms with Gasteiger partial charge in [0.1, 0.15) is 5.00 Å². The first-order valence-corrected chi connectivity index (χ1v) is 12.0. The zero-order valence-corrected chi connectivity index (χ0v) is 21.4. The van der Waals surface area contributed by atoms with Crippen molar-refractivity contribution in [3.63, 3.8) is 0 Å². The van der Waals surface area contributed by atoms with E-state index in [0.29, 0.717) is 45.3 Å². The number of carbonyl (C=O) groups excluding carboxylic acids is 2. The Kier molecular flexibility index (Phi) is 8.40. The summed E-state index contributed by atoms with van der Waals surface area (Å²) in [6.45, 7) is 4.40. The number of nitrogens with zero attached hydrogens (tertiary/aromatic N) is 3. The molecule has 0 atom stereocenters. The predicted molar refractivity (Wildman–Crippen MR) is 131 cm³/mol. The number of aromatic nitrogens is 3. The standard InChI is InChI=1S/C22H26N4O6S2/c1-7-26-19(13-9-15(29-3)18(31-5)16(10-13)30-4)24-25-22(26)33-11-17(27)23-20-14(21(28)32-6)8-12(2)34-20/h8-10H,7,11H2,1-6H3,(H,23,27). The van der Waals surface area contributed by atoms with Crippen LogP contribution in [0.15, 0.2) is 23.4 Å². The number of nitrogens with one attached hydrogen (secondary N) is 1. The summed E-state index contributed by atoms with van der Waals surface area (Å²) < 4.78 is 23.0. The molecule has 1 N–H and O–H groups in total. The minimum atomic E-state index is -0.493. The summed E-state index contributed by atoms with van der Waals surface area (Å²) >= 11 is 2.57. The molecule has 0 fully saturated rings. The van der Waals surface area contributed by atoms with Crippen molar-refractivity contribution < 1.29 is 28.5 Å². The lowest BCUT2D eigenvalue weighted by molar-refractivity contribution is -0.113. The van der Waals surface area contributed by atoms with Crippen molar-refractivity contribution in [2.24, 2.45) is 0 Å². The Labute approximate surface area is 205 Å². The first-order chi connectivity index (χ1) is 16.4.